The largest absolute Gasteiger partial charge is 0.395 e. The Bertz CT molecular complexity index is 343. The normalized spacial score (nSPS) is 14.6. The van der Waals surface area contributed by atoms with Crippen molar-refractivity contribution in [3.05, 3.63) is 35.6 Å². The third-order valence-corrected chi connectivity index (χ3v) is 2.41. The van der Waals surface area contributed by atoms with Gasteiger partial charge in [-0.1, -0.05) is 12.1 Å². The summed E-state index contributed by atoms with van der Waals surface area (Å²) in [5.41, 5.74) is 5.99. The first-order valence-electron chi connectivity index (χ1n) is 5.60. The summed E-state index contributed by atoms with van der Waals surface area (Å²) in [5, 5.41) is 4.19. The molecule has 0 aliphatic heterocycles. The maximum absolute atomic E-state index is 12.8. The zero-order valence-corrected chi connectivity index (χ0v) is 9.57. The number of nitrogens with two attached hydrogens (primary N) is 1. The van der Waals surface area contributed by atoms with E-state index in [9.17, 15) is 4.39 Å². The highest BCUT2D eigenvalue weighted by Crippen LogP contribution is 2.24. The number of halogens is 1. The van der Waals surface area contributed by atoms with Gasteiger partial charge in [-0.15, -0.1) is 0 Å². The number of hydrogen-bond donors (Lipinski definition) is 2. The number of aliphatic hydroxyl groups excluding tert-OH is 1. The van der Waals surface area contributed by atoms with E-state index in [1.54, 1.807) is 12.1 Å². The van der Waals surface area contributed by atoms with E-state index >= 15 is 0 Å². The summed E-state index contributed by atoms with van der Waals surface area (Å²) in [6.07, 6.45) is 0. The first-order valence-corrected chi connectivity index (χ1v) is 5.19. The van der Waals surface area contributed by atoms with Crippen molar-refractivity contribution < 1.29 is 14.2 Å². The predicted molar refractivity (Wildman–Crippen MR) is 60.4 cm³/mol. The predicted octanol–water partition coefficient (Wildman–Crippen LogP) is 1.40. The molecule has 0 aliphatic carbocycles. The minimum Gasteiger partial charge on any atom is -0.395 e. The van der Waals surface area contributed by atoms with Crippen molar-refractivity contribution >= 4 is 0 Å². The van der Waals surface area contributed by atoms with Crippen LogP contribution in [0.5, 0.6) is 0 Å². The quantitative estimate of drug-likeness (QED) is 0.773. The van der Waals surface area contributed by atoms with Crippen LogP contribution in [-0.2, 0) is 10.3 Å². The first-order chi connectivity index (χ1) is 7.95. The molecular formula is C12H18FNO2. The second kappa shape index (κ2) is 5.39. The lowest BCUT2D eigenvalue weighted by Crippen LogP contribution is -2.34. The summed E-state index contributed by atoms with van der Waals surface area (Å²) in [6.45, 7) is 4.17. The molecular weight excluding hydrogens is 209 g/mol. The van der Waals surface area contributed by atoms with Gasteiger partial charge in [0.1, 0.15) is 5.82 Å². The van der Waals surface area contributed by atoms with Crippen LogP contribution in [0.15, 0.2) is 24.3 Å². The van der Waals surface area contributed by atoms with Gasteiger partial charge in [0, 0.05) is 0 Å². The zero-order chi connectivity index (χ0) is 12.9. The molecule has 0 saturated carbocycles. The van der Waals surface area contributed by atoms with Gasteiger partial charge in [0.25, 0.3) is 0 Å². The Hall–Kier alpha value is -0.970. The molecule has 0 aromatic heterocycles. The van der Waals surface area contributed by atoms with Crippen LogP contribution in [0, 0.1) is 5.82 Å². The van der Waals surface area contributed by atoms with Gasteiger partial charge in [0.2, 0.25) is 1.43 Å². The third kappa shape index (κ3) is 3.56. The van der Waals surface area contributed by atoms with Crippen molar-refractivity contribution in [2.24, 2.45) is 5.73 Å². The summed E-state index contributed by atoms with van der Waals surface area (Å²) < 4.78 is 25.0. The van der Waals surface area contributed by atoms with Crippen LogP contribution in [0.2, 0.25) is 0 Å². The fourth-order valence-corrected chi connectivity index (χ4v) is 1.30. The molecule has 1 rings (SSSR count). The van der Waals surface area contributed by atoms with Crippen molar-refractivity contribution in [1.82, 2.24) is 0 Å². The number of aliphatic hydroxyl groups is 1. The molecule has 3 N–H and O–H groups in total. The van der Waals surface area contributed by atoms with Crippen LogP contribution >= 0.6 is 0 Å². The van der Waals surface area contributed by atoms with E-state index in [2.05, 4.69) is 5.11 Å². The van der Waals surface area contributed by atoms with Crippen molar-refractivity contribution in [2.75, 3.05) is 13.2 Å². The fraction of sp³-hybridized carbons (Fsp3) is 0.500. The maximum atomic E-state index is 12.8. The van der Waals surface area contributed by atoms with Crippen molar-refractivity contribution in [3.8, 4) is 0 Å². The van der Waals surface area contributed by atoms with Crippen molar-refractivity contribution in [3.63, 3.8) is 0 Å². The van der Waals surface area contributed by atoms with Gasteiger partial charge in [0.15, 0.2) is 0 Å². The van der Waals surface area contributed by atoms with Gasteiger partial charge in [-0.25, -0.2) is 4.39 Å². The van der Waals surface area contributed by atoms with Crippen LogP contribution in [-0.4, -0.2) is 25.8 Å². The molecule has 16 heavy (non-hydrogen) atoms. The molecule has 1 aromatic carbocycles. The Balaban J connectivity index is 2.58. The number of rotatable bonds is 6. The molecule has 0 radical (unpaired) electrons. The second-order valence-corrected chi connectivity index (χ2v) is 4.25. The summed E-state index contributed by atoms with van der Waals surface area (Å²) in [4.78, 5) is 0. The zero-order valence-electron chi connectivity index (χ0n) is 10.6. The fourth-order valence-electron chi connectivity index (χ4n) is 1.30. The van der Waals surface area contributed by atoms with E-state index in [0.717, 1.165) is 5.56 Å². The molecule has 3 nitrogen and oxygen atoms in total. The van der Waals surface area contributed by atoms with Gasteiger partial charge in [-0.2, -0.15) is 0 Å². The van der Waals surface area contributed by atoms with E-state index in [1.165, 1.54) is 12.1 Å². The average Bonchev–Trinajstić information content (AvgIpc) is 2.28. The second-order valence-electron chi connectivity index (χ2n) is 4.25. The molecule has 0 bridgehead atoms. The van der Waals surface area contributed by atoms with Gasteiger partial charge in [-0.05, 0) is 31.5 Å². The topological polar surface area (TPSA) is 55.5 Å². The summed E-state index contributed by atoms with van der Waals surface area (Å²) in [6, 6.07) is 5.82. The molecule has 0 saturated heterocycles. The van der Waals surface area contributed by atoms with Gasteiger partial charge >= 0.3 is 0 Å². The molecule has 1 aromatic rings. The third-order valence-electron chi connectivity index (χ3n) is 2.41. The van der Waals surface area contributed by atoms with Gasteiger partial charge in [-0.3, -0.25) is 0 Å². The van der Waals surface area contributed by atoms with E-state index in [1.807, 2.05) is 13.8 Å². The lowest BCUT2D eigenvalue weighted by Gasteiger charge is -2.27. The van der Waals surface area contributed by atoms with Crippen LogP contribution < -0.4 is 5.73 Å². The van der Waals surface area contributed by atoms with E-state index in [4.69, 9.17) is 11.9 Å². The highest BCUT2D eigenvalue weighted by Gasteiger charge is 2.22. The summed E-state index contributed by atoms with van der Waals surface area (Å²) in [7, 11) is 0. The van der Waals surface area contributed by atoms with Crippen LogP contribution in [0.3, 0.4) is 0 Å². The van der Waals surface area contributed by atoms with Gasteiger partial charge < -0.3 is 15.6 Å². The maximum Gasteiger partial charge on any atom is 0.210 e. The lowest BCUT2D eigenvalue weighted by molar-refractivity contribution is -0.0334. The highest BCUT2D eigenvalue weighted by atomic mass is 19.1. The number of hydrogen-bond acceptors (Lipinski definition) is 3. The monoisotopic (exact) mass is 228 g/mol. The molecule has 0 unspecified atom stereocenters. The SMILES string of the molecule is [2H]OC[C@@H](N)COC(C)(C)c1ccc(F)cc1. The van der Waals surface area contributed by atoms with Crippen LogP contribution in [0.25, 0.3) is 0 Å². The minimum atomic E-state index is -0.548. The molecule has 0 amide bonds. The van der Waals surface area contributed by atoms with E-state index in [0.29, 0.717) is 0 Å². The average molecular weight is 228 g/mol. The molecule has 0 heterocycles. The standard InChI is InChI=1S/C12H18FNO2/c1-12(2,16-8-11(14)7-15)9-3-5-10(13)6-4-9/h3-6,11,15H,7-8,14H2,1-2H3/t11-/m1/s1/i15D. The molecule has 90 valence electrons. The van der Waals surface area contributed by atoms with Crippen molar-refractivity contribution in [1.29, 1.82) is 1.43 Å². The molecule has 1 atom stereocenters. The Morgan fingerprint density at radius 3 is 2.69 bits per heavy atom. The number of benzene rings is 1. The molecule has 0 spiro atoms. The Labute approximate surface area is 96.5 Å². The van der Waals surface area contributed by atoms with Crippen LogP contribution in [0.4, 0.5) is 4.39 Å². The smallest absolute Gasteiger partial charge is 0.210 e. The van der Waals surface area contributed by atoms with Crippen LogP contribution in [0.1, 0.15) is 19.4 Å². The number of ether oxygens (including phenoxy) is 1. The summed E-state index contributed by atoms with van der Waals surface area (Å²) in [5.74, 6) is -0.274. The Morgan fingerprint density at radius 1 is 1.50 bits per heavy atom. The van der Waals surface area contributed by atoms with Gasteiger partial charge in [0.05, 0.1) is 24.9 Å². The lowest BCUT2D eigenvalue weighted by atomic mass is 9.98. The molecule has 0 aliphatic rings. The highest BCUT2D eigenvalue weighted by molar-refractivity contribution is 5.21. The first kappa shape index (κ1) is 11.5. The molecule has 4 heteroatoms. The van der Waals surface area contributed by atoms with Crippen molar-refractivity contribution in [2.45, 2.75) is 25.5 Å². The Kier molecular flexibility index (Phi) is 3.88. The van der Waals surface area contributed by atoms with E-state index < -0.39 is 5.60 Å². The Morgan fingerprint density at radius 2 is 2.12 bits per heavy atom. The molecule has 0 fully saturated rings. The minimum absolute atomic E-state index is 0.125. The summed E-state index contributed by atoms with van der Waals surface area (Å²) >= 11 is 0. The van der Waals surface area contributed by atoms with E-state index in [-0.39, 0.29) is 25.1 Å².